The van der Waals surface area contributed by atoms with Gasteiger partial charge >= 0.3 is 6.18 Å². The maximum atomic E-state index is 12.9. The maximum absolute atomic E-state index is 12.9. The number of pyridine rings is 2. The second kappa shape index (κ2) is 6.03. The Hall–Kier alpha value is -2.95. The van der Waals surface area contributed by atoms with Gasteiger partial charge in [-0.2, -0.15) is 13.2 Å². The number of sulfone groups is 1. The molecule has 4 aromatic heterocycles. The SMILES string of the molecule is CCS(=O)(=O)c1c(-c2nc3ccc(C(F)(F)F)cn3n2)nc2cc(C)ccn12. The summed E-state index contributed by atoms with van der Waals surface area (Å²) in [5.74, 6) is -0.236. The molecular formula is C17H14F3N5O2S. The summed E-state index contributed by atoms with van der Waals surface area (Å²) >= 11 is 0. The Morgan fingerprint density at radius 3 is 2.54 bits per heavy atom. The van der Waals surface area contributed by atoms with E-state index in [1.165, 1.54) is 17.4 Å². The summed E-state index contributed by atoms with van der Waals surface area (Å²) in [6.45, 7) is 3.34. The van der Waals surface area contributed by atoms with Crippen molar-refractivity contribution in [2.45, 2.75) is 25.0 Å². The van der Waals surface area contributed by atoms with Crippen molar-refractivity contribution in [3.63, 3.8) is 0 Å². The van der Waals surface area contributed by atoms with Crippen LogP contribution in [-0.2, 0) is 16.0 Å². The van der Waals surface area contributed by atoms with E-state index in [1.807, 2.05) is 6.92 Å². The van der Waals surface area contributed by atoms with E-state index in [1.54, 1.807) is 18.3 Å². The first kappa shape index (κ1) is 18.4. The molecule has 0 saturated heterocycles. The second-order valence-electron chi connectivity index (χ2n) is 6.25. The number of nitrogens with zero attached hydrogens (tertiary/aromatic N) is 5. The van der Waals surface area contributed by atoms with Gasteiger partial charge in [-0.25, -0.2) is 22.9 Å². The highest BCUT2D eigenvalue weighted by atomic mass is 32.2. The maximum Gasteiger partial charge on any atom is 0.417 e. The highest BCUT2D eigenvalue weighted by Gasteiger charge is 2.32. The molecule has 0 radical (unpaired) electrons. The minimum Gasteiger partial charge on any atom is -0.290 e. The van der Waals surface area contributed by atoms with E-state index in [4.69, 9.17) is 0 Å². The van der Waals surface area contributed by atoms with Crippen LogP contribution >= 0.6 is 0 Å². The number of aryl methyl sites for hydroxylation is 1. The molecule has 0 amide bonds. The zero-order valence-corrected chi connectivity index (χ0v) is 15.6. The van der Waals surface area contributed by atoms with Crippen molar-refractivity contribution in [2.24, 2.45) is 0 Å². The van der Waals surface area contributed by atoms with Gasteiger partial charge in [-0.05, 0) is 36.8 Å². The Balaban J connectivity index is 1.99. The largest absolute Gasteiger partial charge is 0.417 e. The molecule has 0 N–H and O–H groups in total. The fourth-order valence-electron chi connectivity index (χ4n) is 2.85. The van der Waals surface area contributed by atoms with Gasteiger partial charge < -0.3 is 0 Å². The van der Waals surface area contributed by atoms with Crippen LogP contribution in [0.25, 0.3) is 22.8 Å². The number of fused-ring (bicyclic) bond motifs is 2. The molecule has 7 nitrogen and oxygen atoms in total. The molecular weight excluding hydrogens is 395 g/mol. The van der Waals surface area contributed by atoms with Crippen LogP contribution in [0.5, 0.6) is 0 Å². The Morgan fingerprint density at radius 2 is 1.86 bits per heavy atom. The third-order valence-corrected chi connectivity index (χ3v) is 6.02. The van der Waals surface area contributed by atoms with Crippen LogP contribution in [0.3, 0.4) is 0 Å². The molecule has 4 rings (SSSR count). The van der Waals surface area contributed by atoms with E-state index in [0.29, 0.717) is 5.65 Å². The van der Waals surface area contributed by atoms with E-state index < -0.39 is 21.6 Å². The van der Waals surface area contributed by atoms with Crippen LogP contribution in [0.2, 0.25) is 0 Å². The van der Waals surface area contributed by atoms with Crippen LogP contribution < -0.4 is 0 Å². The molecule has 4 heterocycles. The predicted molar refractivity (Wildman–Crippen MR) is 94.6 cm³/mol. The van der Waals surface area contributed by atoms with Gasteiger partial charge in [-0.3, -0.25) is 4.40 Å². The number of alkyl halides is 3. The van der Waals surface area contributed by atoms with E-state index in [0.717, 1.165) is 22.3 Å². The molecule has 0 atom stereocenters. The highest BCUT2D eigenvalue weighted by Crippen LogP contribution is 2.31. The number of hydrogen-bond acceptors (Lipinski definition) is 5. The standard InChI is InChI=1S/C17H14F3N5O2S/c1-3-28(26,27)16-14(21-13-8-10(2)6-7-24(13)16)15-22-12-5-4-11(17(18,19)20)9-25(12)23-15/h4-9H,3H2,1-2H3. The quantitative estimate of drug-likeness (QED) is 0.519. The molecule has 0 unspecified atom stereocenters. The van der Waals surface area contributed by atoms with Crippen molar-refractivity contribution in [2.75, 3.05) is 5.75 Å². The molecule has 0 fully saturated rings. The third-order valence-electron chi connectivity index (χ3n) is 4.28. The van der Waals surface area contributed by atoms with Crippen LogP contribution in [0, 0.1) is 6.92 Å². The van der Waals surface area contributed by atoms with Crippen LogP contribution in [0.15, 0.2) is 41.7 Å². The van der Waals surface area contributed by atoms with E-state index in [2.05, 4.69) is 15.1 Å². The number of rotatable bonds is 3. The Kier molecular flexibility index (Phi) is 3.96. The van der Waals surface area contributed by atoms with Crippen LogP contribution in [-0.4, -0.2) is 38.2 Å². The summed E-state index contributed by atoms with van der Waals surface area (Å²) in [5, 5.41) is 3.96. The van der Waals surface area contributed by atoms with Crippen molar-refractivity contribution < 1.29 is 21.6 Å². The third kappa shape index (κ3) is 2.91. The minimum absolute atomic E-state index is 0.00436. The van der Waals surface area contributed by atoms with Crippen molar-refractivity contribution >= 4 is 21.1 Å². The molecule has 4 aromatic rings. The summed E-state index contributed by atoms with van der Waals surface area (Å²) in [7, 11) is -3.71. The zero-order chi connectivity index (χ0) is 20.3. The van der Waals surface area contributed by atoms with Crippen molar-refractivity contribution in [3.8, 4) is 11.5 Å². The summed E-state index contributed by atoms with van der Waals surface area (Å²) in [6, 6.07) is 5.51. The lowest BCUT2D eigenvalue weighted by Gasteiger charge is -2.05. The van der Waals surface area contributed by atoms with Crippen LogP contribution in [0.4, 0.5) is 13.2 Å². The average molecular weight is 409 g/mol. The molecule has 28 heavy (non-hydrogen) atoms. The van der Waals surface area contributed by atoms with E-state index in [9.17, 15) is 21.6 Å². The summed E-state index contributed by atoms with van der Waals surface area (Å²) in [6.07, 6.45) is -2.14. The molecule has 0 saturated carbocycles. The molecule has 0 aliphatic rings. The van der Waals surface area contributed by atoms with Crippen LogP contribution in [0.1, 0.15) is 18.1 Å². The van der Waals surface area contributed by atoms with Crippen molar-refractivity contribution in [1.82, 2.24) is 24.0 Å². The number of aromatic nitrogens is 5. The lowest BCUT2D eigenvalue weighted by atomic mass is 10.3. The molecule has 0 aliphatic carbocycles. The molecule has 146 valence electrons. The van der Waals surface area contributed by atoms with Gasteiger partial charge in [-0.1, -0.05) is 6.92 Å². The van der Waals surface area contributed by atoms with Gasteiger partial charge in [0.15, 0.2) is 20.5 Å². The Morgan fingerprint density at radius 1 is 1.11 bits per heavy atom. The summed E-state index contributed by atoms with van der Waals surface area (Å²) in [5.41, 5.74) is 0.531. The first-order valence-corrected chi connectivity index (χ1v) is 9.91. The molecule has 11 heteroatoms. The van der Waals surface area contributed by atoms with Crippen molar-refractivity contribution in [3.05, 3.63) is 47.8 Å². The number of imidazole rings is 1. The molecule has 0 spiro atoms. The molecule has 0 bridgehead atoms. The highest BCUT2D eigenvalue weighted by molar-refractivity contribution is 7.91. The lowest BCUT2D eigenvalue weighted by Crippen LogP contribution is -2.09. The van der Waals surface area contributed by atoms with Gasteiger partial charge in [0.05, 0.1) is 11.3 Å². The monoisotopic (exact) mass is 409 g/mol. The number of halogens is 3. The molecule has 0 aromatic carbocycles. The van der Waals surface area contributed by atoms with Gasteiger partial charge in [0.1, 0.15) is 11.3 Å². The zero-order valence-electron chi connectivity index (χ0n) is 14.8. The summed E-state index contributed by atoms with van der Waals surface area (Å²) in [4.78, 5) is 8.52. The van der Waals surface area contributed by atoms with Gasteiger partial charge in [0.25, 0.3) is 0 Å². The summed E-state index contributed by atoms with van der Waals surface area (Å²) < 4.78 is 66.6. The normalized spacial score (nSPS) is 12.9. The predicted octanol–water partition coefficient (Wildman–Crippen LogP) is 3.16. The fourth-order valence-corrected chi connectivity index (χ4v) is 4.01. The van der Waals surface area contributed by atoms with Gasteiger partial charge in [0.2, 0.25) is 5.82 Å². The number of hydrogen-bond donors (Lipinski definition) is 0. The average Bonchev–Trinajstić information content (AvgIpc) is 3.21. The lowest BCUT2D eigenvalue weighted by molar-refractivity contribution is -0.137. The molecule has 0 aliphatic heterocycles. The van der Waals surface area contributed by atoms with Gasteiger partial charge in [0, 0.05) is 12.4 Å². The minimum atomic E-state index is -4.53. The Bertz CT molecular complexity index is 1320. The topological polar surface area (TPSA) is 81.6 Å². The van der Waals surface area contributed by atoms with Crippen molar-refractivity contribution in [1.29, 1.82) is 0 Å². The Labute approximate surface area is 157 Å². The van der Waals surface area contributed by atoms with E-state index >= 15 is 0 Å². The first-order valence-electron chi connectivity index (χ1n) is 8.25. The fraction of sp³-hybridized carbons (Fsp3) is 0.235. The van der Waals surface area contributed by atoms with Gasteiger partial charge in [-0.15, -0.1) is 5.10 Å². The second-order valence-corrected chi connectivity index (χ2v) is 8.45. The first-order chi connectivity index (χ1) is 13.1. The van der Waals surface area contributed by atoms with E-state index in [-0.39, 0.29) is 27.9 Å². The smallest absolute Gasteiger partial charge is 0.290 e.